The van der Waals surface area contributed by atoms with Crippen molar-refractivity contribution in [1.29, 1.82) is 5.26 Å². The van der Waals surface area contributed by atoms with E-state index in [9.17, 15) is 13.2 Å². The summed E-state index contributed by atoms with van der Waals surface area (Å²) in [5, 5.41) is 8.95. The molecule has 0 saturated carbocycles. The van der Waals surface area contributed by atoms with Crippen LogP contribution < -0.4 is 4.72 Å². The summed E-state index contributed by atoms with van der Waals surface area (Å²) in [5.41, 5.74) is 3.60. The second-order valence-electron chi connectivity index (χ2n) is 8.10. The van der Waals surface area contributed by atoms with Crippen LogP contribution in [-0.2, 0) is 10.0 Å². The minimum atomic E-state index is -3.42. The first kappa shape index (κ1) is 22.8. The van der Waals surface area contributed by atoms with Crippen LogP contribution in [0.1, 0.15) is 65.6 Å². The summed E-state index contributed by atoms with van der Waals surface area (Å²) in [5.74, 6) is 0.368. The molecule has 1 aliphatic heterocycles. The van der Waals surface area contributed by atoms with Crippen molar-refractivity contribution in [3.8, 4) is 6.07 Å². The van der Waals surface area contributed by atoms with E-state index in [4.69, 9.17) is 5.26 Å². The van der Waals surface area contributed by atoms with Crippen LogP contribution in [0.5, 0.6) is 0 Å². The highest BCUT2D eigenvalue weighted by atomic mass is 32.2. The number of carbonyl (C=O) groups is 1. The Labute approximate surface area is 184 Å². The fourth-order valence-corrected chi connectivity index (χ4v) is 5.17. The number of hydrogen-bond acceptors (Lipinski definition) is 4. The van der Waals surface area contributed by atoms with Crippen molar-refractivity contribution in [2.24, 2.45) is 0 Å². The van der Waals surface area contributed by atoms with Crippen molar-refractivity contribution in [1.82, 2.24) is 4.90 Å². The molecule has 0 aromatic heterocycles. The van der Waals surface area contributed by atoms with Crippen molar-refractivity contribution in [3.05, 3.63) is 64.7 Å². The van der Waals surface area contributed by atoms with E-state index in [1.165, 1.54) is 5.56 Å². The Balaban J connectivity index is 1.66. The zero-order valence-corrected chi connectivity index (χ0v) is 18.9. The van der Waals surface area contributed by atoms with Crippen LogP contribution in [0.4, 0.5) is 5.69 Å². The van der Waals surface area contributed by atoms with E-state index in [0.29, 0.717) is 42.2 Å². The number of likely N-dealkylation sites (tertiary alicyclic amines) is 1. The van der Waals surface area contributed by atoms with E-state index in [1.54, 1.807) is 18.2 Å². The molecule has 0 spiro atoms. The summed E-state index contributed by atoms with van der Waals surface area (Å²) in [6.45, 7) is 5.07. The molecule has 164 valence electrons. The van der Waals surface area contributed by atoms with E-state index < -0.39 is 10.0 Å². The molecule has 31 heavy (non-hydrogen) atoms. The number of nitrogens with one attached hydrogen (secondary N) is 1. The lowest BCUT2D eigenvalue weighted by Gasteiger charge is -2.32. The number of unbranched alkanes of at least 4 members (excludes halogenated alkanes) is 1. The number of rotatable bonds is 7. The zero-order valence-electron chi connectivity index (χ0n) is 18.1. The number of hydrogen-bond donors (Lipinski definition) is 1. The molecular formula is C24H29N3O3S. The number of aryl methyl sites for hydroxylation is 1. The van der Waals surface area contributed by atoms with Gasteiger partial charge in [-0.2, -0.15) is 5.26 Å². The number of carbonyl (C=O) groups excluding carboxylic acids is 1. The van der Waals surface area contributed by atoms with Crippen molar-refractivity contribution in [2.75, 3.05) is 23.6 Å². The molecule has 0 bridgehead atoms. The Hall–Kier alpha value is -2.85. The predicted molar refractivity (Wildman–Crippen MR) is 123 cm³/mol. The first-order valence-corrected chi connectivity index (χ1v) is 12.4. The number of nitriles is 1. The molecule has 0 unspecified atom stereocenters. The van der Waals surface area contributed by atoms with Gasteiger partial charge in [0.1, 0.15) is 0 Å². The lowest BCUT2D eigenvalue weighted by atomic mass is 9.89. The summed E-state index contributed by atoms with van der Waals surface area (Å²) < 4.78 is 27.2. The maximum atomic E-state index is 13.0. The molecule has 7 heteroatoms. The van der Waals surface area contributed by atoms with E-state index in [1.807, 2.05) is 43.0 Å². The Bertz CT molecular complexity index is 1060. The molecule has 1 heterocycles. The Morgan fingerprint density at radius 1 is 1.16 bits per heavy atom. The molecule has 6 nitrogen and oxygen atoms in total. The van der Waals surface area contributed by atoms with E-state index in [0.717, 1.165) is 24.8 Å². The van der Waals surface area contributed by atoms with Gasteiger partial charge >= 0.3 is 0 Å². The third-order valence-corrected chi connectivity index (χ3v) is 7.17. The van der Waals surface area contributed by atoms with E-state index in [2.05, 4.69) is 10.8 Å². The summed E-state index contributed by atoms with van der Waals surface area (Å²) in [6, 6.07) is 15.0. The molecule has 1 fully saturated rings. The molecule has 0 atom stereocenters. The lowest BCUT2D eigenvalue weighted by Crippen LogP contribution is -2.38. The lowest BCUT2D eigenvalue weighted by molar-refractivity contribution is 0.0713. The SMILES string of the molecule is CCCCS(=O)(=O)Nc1cc(C(=O)N2CCC(c3ccc(C#N)cc3)CC2)ccc1C. The molecular weight excluding hydrogens is 410 g/mol. The predicted octanol–water partition coefficient (Wildman–Crippen LogP) is 4.43. The summed E-state index contributed by atoms with van der Waals surface area (Å²) in [7, 11) is -3.42. The molecule has 1 amide bonds. The molecule has 2 aromatic carbocycles. The summed E-state index contributed by atoms with van der Waals surface area (Å²) >= 11 is 0. The first-order chi connectivity index (χ1) is 14.8. The van der Waals surface area contributed by atoms with Crippen molar-refractivity contribution in [3.63, 3.8) is 0 Å². The summed E-state index contributed by atoms with van der Waals surface area (Å²) in [4.78, 5) is 14.9. The minimum Gasteiger partial charge on any atom is -0.339 e. The Kier molecular flexibility index (Phi) is 7.34. The van der Waals surface area contributed by atoms with Gasteiger partial charge in [-0.3, -0.25) is 9.52 Å². The highest BCUT2D eigenvalue weighted by Gasteiger charge is 2.25. The minimum absolute atomic E-state index is 0.0734. The third-order valence-electron chi connectivity index (χ3n) is 5.81. The number of piperidine rings is 1. The van der Waals surface area contributed by atoms with Gasteiger partial charge in [0, 0.05) is 18.7 Å². The second-order valence-corrected chi connectivity index (χ2v) is 9.95. The second kappa shape index (κ2) is 9.97. The fraction of sp³-hybridized carbons (Fsp3) is 0.417. The number of anilines is 1. The molecule has 1 saturated heterocycles. The molecule has 0 aliphatic carbocycles. The van der Waals surface area contributed by atoms with Crippen LogP contribution in [0.25, 0.3) is 0 Å². The van der Waals surface area contributed by atoms with Gasteiger partial charge in [0.05, 0.1) is 23.1 Å². The highest BCUT2D eigenvalue weighted by molar-refractivity contribution is 7.92. The van der Waals surface area contributed by atoms with E-state index in [-0.39, 0.29) is 11.7 Å². The van der Waals surface area contributed by atoms with E-state index >= 15 is 0 Å². The Morgan fingerprint density at radius 3 is 2.45 bits per heavy atom. The van der Waals surface area contributed by atoms with Gasteiger partial charge < -0.3 is 4.90 Å². The van der Waals surface area contributed by atoms with Crippen LogP contribution in [0.2, 0.25) is 0 Å². The normalized spacial score (nSPS) is 14.8. The fourth-order valence-electron chi connectivity index (χ4n) is 3.85. The van der Waals surface area contributed by atoms with Crippen LogP contribution in [0, 0.1) is 18.3 Å². The molecule has 0 radical (unpaired) electrons. The molecule has 1 N–H and O–H groups in total. The van der Waals surface area contributed by atoms with Gasteiger partial charge in [-0.1, -0.05) is 31.5 Å². The average Bonchev–Trinajstić information content (AvgIpc) is 2.79. The van der Waals surface area contributed by atoms with Crippen molar-refractivity contribution in [2.45, 2.75) is 45.4 Å². The van der Waals surface area contributed by atoms with Gasteiger partial charge in [-0.25, -0.2) is 8.42 Å². The van der Waals surface area contributed by atoms with Crippen molar-refractivity contribution >= 4 is 21.6 Å². The smallest absolute Gasteiger partial charge is 0.253 e. The van der Waals surface area contributed by atoms with Gasteiger partial charge in [-0.15, -0.1) is 0 Å². The number of sulfonamides is 1. The van der Waals surface area contributed by atoms with Gasteiger partial charge in [0.25, 0.3) is 5.91 Å². The van der Waals surface area contributed by atoms with Gasteiger partial charge in [-0.05, 0) is 67.5 Å². The van der Waals surface area contributed by atoms with Crippen LogP contribution in [0.3, 0.4) is 0 Å². The maximum Gasteiger partial charge on any atom is 0.253 e. The number of benzene rings is 2. The number of nitrogens with zero attached hydrogens (tertiary/aromatic N) is 2. The monoisotopic (exact) mass is 439 g/mol. The van der Waals surface area contributed by atoms with Crippen LogP contribution in [-0.4, -0.2) is 38.1 Å². The summed E-state index contributed by atoms with van der Waals surface area (Å²) in [6.07, 6.45) is 3.12. The third kappa shape index (κ3) is 5.86. The van der Waals surface area contributed by atoms with Gasteiger partial charge in [0.2, 0.25) is 10.0 Å². The quantitative estimate of drug-likeness (QED) is 0.691. The van der Waals surface area contributed by atoms with Gasteiger partial charge in [0.15, 0.2) is 0 Å². The largest absolute Gasteiger partial charge is 0.339 e. The highest BCUT2D eigenvalue weighted by Crippen LogP contribution is 2.29. The molecule has 3 rings (SSSR count). The first-order valence-electron chi connectivity index (χ1n) is 10.7. The average molecular weight is 440 g/mol. The standard InChI is InChI=1S/C24H29N3O3S/c1-3-4-15-31(29,30)26-23-16-22(8-5-18(23)2)24(28)27-13-11-21(12-14-27)20-9-6-19(17-25)7-10-20/h5-10,16,21,26H,3-4,11-15H2,1-2H3. The van der Waals surface area contributed by atoms with Crippen LogP contribution >= 0.6 is 0 Å². The Morgan fingerprint density at radius 2 is 1.84 bits per heavy atom. The topological polar surface area (TPSA) is 90.3 Å². The van der Waals surface area contributed by atoms with Crippen LogP contribution in [0.15, 0.2) is 42.5 Å². The number of amides is 1. The van der Waals surface area contributed by atoms with Crippen molar-refractivity contribution < 1.29 is 13.2 Å². The maximum absolute atomic E-state index is 13.0. The molecule has 2 aromatic rings. The zero-order chi connectivity index (χ0) is 22.4. The molecule has 1 aliphatic rings.